The lowest BCUT2D eigenvalue weighted by Gasteiger charge is -2.14. The van der Waals surface area contributed by atoms with E-state index in [1.807, 2.05) is 36.0 Å². The molecule has 1 heterocycles. The van der Waals surface area contributed by atoms with Crippen molar-refractivity contribution in [3.8, 4) is 11.5 Å². The summed E-state index contributed by atoms with van der Waals surface area (Å²) in [5.41, 5.74) is 0. The summed E-state index contributed by atoms with van der Waals surface area (Å²) in [6.45, 7) is 5.86. The topological polar surface area (TPSA) is 30.5 Å². The van der Waals surface area contributed by atoms with Gasteiger partial charge in [0, 0.05) is 12.3 Å². The van der Waals surface area contributed by atoms with Crippen LogP contribution < -0.4 is 14.8 Å². The highest BCUT2D eigenvalue weighted by Crippen LogP contribution is 2.27. The molecule has 1 saturated heterocycles. The van der Waals surface area contributed by atoms with Gasteiger partial charge in [0.25, 0.3) is 0 Å². The van der Waals surface area contributed by atoms with Crippen LogP contribution in [0.3, 0.4) is 0 Å². The Morgan fingerprint density at radius 2 is 2.12 bits per heavy atom. The van der Waals surface area contributed by atoms with E-state index >= 15 is 0 Å². The van der Waals surface area contributed by atoms with Gasteiger partial charge in [-0.05, 0) is 12.1 Å². The fraction of sp³-hybridized carbons (Fsp3) is 0.385. The summed E-state index contributed by atoms with van der Waals surface area (Å²) >= 11 is 1.89. The lowest BCUT2D eigenvalue weighted by Crippen LogP contribution is -2.26. The fourth-order valence-corrected chi connectivity index (χ4v) is 2.51. The van der Waals surface area contributed by atoms with E-state index in [1.165, 1.54) is 0 Å². The summed E-state index contributed by atoms with van der Waals surface area (Å²) in [5.74, 6) is 2.72. The van der Waals surface area contributed by atoms with Crippen LogP contribution in [0, 0.1) is 0 Å². The van der Waals surface area contributed by atoms with Crippen molar-refractivity contribution in [3.05, 3.63) is 36.9 Å². The largest absolute Gasteiger partial charge is 0.487 e. The van der Waals surface area contributed by atoms with Crippen LogP contribution in [0.25, 0.3) is 0 Å². The average Bonchev–Trinajstić information content (AvgIpc) is 2.88. The molecule has 3 nitrogen and oxygen atoms in total. The molecule has 92 valence electrons. The summed E-state index contributed by atoms with van der Waals surface area (Å²) in [4.78, 5) is 0. The van der Waals surface area contributed by atoms with Gasteiger partial charge < -0.3 is 14.8 Å². The summed E-state index contributed by atoms with van der Waals surface area (Å²) in [6.07, 6.45) is 1.73. The van der Waals surface area contributed by atoms with Crippen molar-refractivity contribution in [1.82, 2.24) is 5.32 Å². The van der Waals surface area contributed by atoms with Crippen molar-refractivity contribution < 1.29 is 9.47 Å². The van der Waals surface area contributed by atoms with E-state index in [4.69, 9.17) is 9.47 Å². The molecule has 0 saturated carbocycles. The van der Waals surface area contributed by atoms with Crippen LogP contribution in [0.15, 0.2) is 36.9 Å². The second kappa shape index (κ2) is 6.57. The molecule has 0 radical (unpaired) electrons. The zero-order chi connectivity index (χ0) is 11.9. The zero-order valence-electron chi connectivity index (χ0n) is 9.72. The maximum atomic E-state index is 5.78. The van der Waals surface area contributed by atoms with Gasteiger partial charge in [0.15, 0.2) is 11.5 Å². The predicted molar refractivity (Wildman–Crippen MR) is 71.9 cm³/mol. The van der Waals surface area contributed by atoms with Gasteiger partial charge in [0.1, 0.15) is 13.2 Å². The average molecular weight is 251 g/mol. The van der Waals surface area contributed by atoms with Crippen LogP contribution in [0.1, 0.15) is 0 Å². The molecule has 1 atom stereocenters. The standard InChI is InChI=1S/C13H17NO2S/c1-2-8-15-11-5-3-4-6-12(11)16-10-13-14-7-9-17-13/h2-6,13-14H,1,7-10H2/t13-/m1/s1. The van der Waals surface area contributed by atoms with Crippen molar-refractivity contribution >= 4 is 11.8 Å². The molecule has 1 aromatic rings. The van der Waals surface area contributed by atoms with Crippen LogP contribution in [0.4, 0.5) is 0 Å². The van der Waals surface area contributed by atoms with E-state index in [0.717, 1.165) is 23.8 Å². The SMILES string of the molecule is C=CCOc1ccccc1OC[C@@H]1NCCS1. The Hall–Kier alpha value is -1.13. The number of benzene rings is 1. The predicted octanol–water partition coefficient (Wildman–Crippen LogP) is 2.29. The van der Waals surface area contributed by atoms with Gasteiger partial charge in [-0.2, -0.15) is 0 Å². The molecule has 4 heteroatoms. The third-order valence-electron chi connectivity index (χ3n) is 2.39. The highest BCUT2D eigenvalue weighted by molar-refractivity contribution is 8.00. The Labute approximate surface area is 106 Å². The Balaban J connectivity index is 1.91. The lowest BCUT2D eigenvalue weighted by atomic mass is 10.3. The summed E-state index contributed by atoms with van der Waals surface area (Å²) in [7, 11) is 0. The minimum absolute atomic E-state index is 0.391. The first-order valence-electron chi connectivity index (χ1n) is 5.70. The van der Waals surface area contributed by atoms with E-state index in [0.29, 0.717) is 18.6 Å². The van der Waals surface area contributed by atoms with Crippen LogP contribution in [-0.4, -0.2) is 30.9 Å². The van der Waals surface area contributed by atoms with Crippen molar-refractivity contribution in [2.24, 2.45) is 0 Å². The molecule has 0 spiro atoms. The van der Waals surface area contributed by atoms with Gasteiger partial charge in [-0.3, -0.25) is 0 Å². The van der Waals surface area contributed by atoms with Crippen LogP contribution in [0.5, 0.6) is 11.5 Å². The molecule has 1 aliphatic rings. The highest BCUT2D eigenvalue weighted by atomic mass is 32.2. The Morgan fingerprint density at radius 3 is 2.76 bits per heavy atom. The van der Waals surface area contributed by atoms with Crippen LogP contribution in [-0.2, 0) is 0 Å². The molecule has 17 heavy (non-hydrogen) atoms. The third-order valence-corrected chi connectivity index (χ3v) is 3.53. The molecular formula is C13H17NO2S. The minimum atomic E-state index is 0.391. The van der Waals surface area contributed by atoms with Gasteiger partial charge >= 0.3 is 0 Å². The van der Waals surface area contributed by atoms with E-state index in [2.05, 4.69) is 11.9 Å². The van der Waals surface area contributed by atoms with Crippen molar-refractivity contribution in [3.63, 3.8) is 0 Å². The van der Waals surface area contributed by atoms with Crippen molar-refractivity contribution in [1.29, 1.82) is 0 Å². The first-order chi connectivity index (χ1) is 8.40. The van der Waals surface area contributed by atoms with Crippen LogP contribution >= 0.6 is 11.8 Å². The van der Waals surface area contributed by atoms with Gasteiger partial charge in [-0.1, -0.05) is 24.8 Å². The molecule has 0 bridgehead atoms. The smallest absolute Gasteiger partial charge is 0.161 e. The van der Waals surface area contributed by atoms with E-state index < -0.39 is 0 Å². The number of ether oxygens (including phenoxy) is 2. The number of hydrogen-bond donors (Lipinski definition) is 1. The number of nitrogens with one attached hydrogen (secondary N) is 1. The molecule has 0 amide bonds. The van der Waals surface area contributed by atoms with Crippen LogP contribution in [0.2, 0.25) is 0 Å². The Morgan fingerprint density at radius 1 is 1.35 bits per heavy atom. The first-order valence-corrected chi connectivity index (χ1v) is 6.75. The maximum absolute atomic E-state index is 5.78. The number of para-hydroxylation sites is 2. The summed E-state index contributed by atoms with van der Waals surface area (Å²) in [6, 6.07) is 7.73. The number of thioether (sulfide) groups is 1. The Bertz CT molecular complexity index is 364. The second-order valence-electron chi connectivity index (χ2n) is 3.67. The molecule has 0 unspecified atom stereocenters. The van der Waals surface area contributed by atoms with Crippen molar-refractivity contribution in [2.45, 2.75) is 5.37 Å². The first kappa shape index (κ1) is 12.3. The lowest BCUT2D eigenvalue weighted by molar-refractivity contribution is 0.278. The minimum Gasteiger partial charge on any atom is -0.487 e. The monoisotopic (exact) mass is 251 g/mol. The quantitative estimate of drug-likeness (QED) is 0.786. The van der Waals surface area contributed by atoms with E-state index in [9.17, 15) is 0 Å². The van der Waals surface area contributed by atoms with Gasteiger partial charge in [0.05, 0.1) is 5.37 Å². The summed E-state index contributed by atoms with van der Waals surface area (Å²) < 4.78 is 11.3. The number of rotatable bonds is 6. The molecule has 1 fully saturated rings. The molecule has 1 aromatic carbocycles. The normalized spacial score (nSPS) is 18.9. The van der Waals surface area contributed by atoms with Gasteiger partial charge in [-0.25, -0.2) is 0 Å². The van der Waals surface area contributed by atoms with E-state index in [-0.39, 0.29) is 0 Å². The van der Waals surface area contributed by atoms with Gasteiger partial charge in [0.2, 0.25) is 0 Å². The number of hydrogen-bond acceptors (Lipinski definition) is 4. The molecule has 0 aliphatic carbocycles. The fourth-order valence-electron chi connectivity index (χ4n) is 1.59. The highest BCUT2D eigenvalue weighted by Gasteiger charge is 2.15. The maximum Gasteiger partial charge on any atom is 0.161 e. The molecule has 2 rings (SSSR count). The third kappa shape index (κ3) is 3.68. The van der Waals surface area contributed by atoms with Crippen molar-refractivity contribution in [2.75, 3.05) is 25.5 Å². The Kier molecular flexibility index (Phi) is 4.76. The molecule has 1 N–H and O–H groups in total. The van der Waals surface area contributed by atoms with E-state index in [1.54, 1.807) is 6.08 Å². The zero-order valence-corrected chi connectivity index (χ0v) is 10.5. The molecule has 0 aromatic heterocycles. The summed E-state index contributed by atoms with van der Waals surface area (Å²) in [5, 5.41) is 3.76. The molecular weight excluding hydrogens is 234 g/mol. The second-order valence-corrected chi connectivity index (χ2v) is 4.98. The molecule has 1 aliphatic heterocycles. The van der Waals surface area contributed by atoms with Gasteiger partial charge in [-0.15, -0.1) is 11.8 Å².